The molecule has 3 aromatic rings. The molecule has 1 aliphatic rings. The Labute approximate surface area is 138 Å². The second-order valence-electron chi connectivity index (χ2n) is 5.54. The maximum Gasteiger partial charge on any atom is 0.231 e. The molecule has 0 N–H and O–H groups in total. The van der Waals surface area contributed by atoms with Crippen LogP contribution in [-0.4, -0.2) is 25.9 Å². The summed E-state index contributed by atoms with van der Waals surface area (Å²) in [6.07, 6.45) is 4.13. The number of aromatic nitrogens is 1. The summed E-state index contributed by atoms with van der Waals surface area (Å²) in [4.78, 5) is 6.73. The Morgan fingerprint density at radius 1 is 1.04 bits per heavy atom. The first kappa shape index (κ1) is 14.1. The minimum absolute atomic E-state index is 0.294. The number of nitrogens with zero attached hydrogens (tertiary/aromatic N) is 2. The normalized spacial score (nSPS) is 13.1. The molecule has 2 heterocycles. The number of hydrogen-bond acceptors (Lipinski definition) is 5. The van der Waals surface area contributed by atoms with E-state index in [1.54, 1.807) is 11.3 Å². The smallest absolute Gasteiger partial charge is 0.231 e. The third-order valence-corrected chi connectivity index (χ3v) is 4.71. The van der Waals surface area contributed by atoms with Gasteiger partial charge >= 0.3 is 0 Å². The largest absolute Gasteiger partial charge is 0.454 e. The van der Waals surface area contributed by atoms with Crippen LogP contribution in [0.25, 0.3) is 22.4 Å². The zero-order valence-electron chi connectivity index (χ0n) is 12.9. The van der Waals surface area contributed by atoms with Crippen LogP contribution in [0.2, 0.25) is 0 Å². The van der Waals surface area contributed by atoms with Gasteiger partial charge in [-0.3, -0.25) is 0 Å². The van der Waals surface area contributed by atoms with E-state index >= 15 is 0 Å². The summed E-state index contributed by atoms with van der Waals surface area (Å²) in [7, 11) is 4.08. The maximum atomic E-state index is 5.41. The maximum absolute atomic E-state index is 5.41. The first-order chi connectivity index (χ1) is 11.2. The fourth-order valence-corrected chi connectivity index (χ4v) is 3.34. The highest BCUT2D eigenvalue weighted by molar-refractivity contribution is 7.19. The highest BCUT2D eigenvalue weighted by atomic mass is 32.1. The van der Waals surface area contributed by atoms with Gasteiger partial charge in [-0.15, -0.1) is 11.3 Å². The van der Waals surface area contributed by atoms with E-state index in [4.69, 9.17) is 9.47 Å². The van der Waals surface area contributed by atoms with E-state index < -0.39 is 0 Å². The third kappa shape index (κ3) is 2.75. The van der Waals surface area contributed by atoms with Gasteiger partial charge in [-0.2, -0.15) is 0 Å². The molecule has 4 rings (SSSR count). The van der Waals surface area contributed by atoms with E-state index in [2.05, 4.69) is 40.2 Å². The number of fused-ring (bicyclic) bond motifs is 2. The van der Waals surface area contributed by atoms with Gasteiger partial charge in [0.15, 0.2) is 11.5 Å². The molecule has 0 amide bonds. The predicted octanol–water partition coefficient (Wildman–Crippen LogP) is 4.26. The molecule has 0 saturated carbocycles. The molecule has 5 heteroatoms. The molecule has 1 aromatic heterocycles. The average molecular weight is 324 g/mol. The van der Waals surface area contributed by atoms with Crippen molar-refractivity contribution >= 4 is 39.4 Å². The summed E-state index contributed by atoms with van der Waals surface area (Å²) in [5, 5.41) is 0.973. The van der Waals surface area contributed by atoms with E-state index in [-0.39, 0.29) is 0 Å². The highest BCUT2D eigenvalue weighted by Crippen LogP contribution is 2.38. The van der Waals surface area contributed by atoms with Gasteiger partial charge in [0.1, 0.15) is 5.01 Å². The summed E-state index contributed by atoms with van der Waals surface area (Å²) >= 11 is 1.65. The summed E-state index contributed by atoms with van der Waals surface area (Å²) < 4.78 is 11.9. The predicted molar refractivity (Wildman–Crippen MR) is 95.4 cm³/mol. The van der Waals surface area contributed by atoms with Crippen molar-refractivity contribution in [2.75, 3.05) is 25.8 Å². The van der Waals surface area contributed by atoms with Gasteiger partial charge in [-0.25, -0.2) is 4.98 Å². The van der Waals surface area contributed by atoms with Crippen molar-refractivity contribution in [3.05, 3.63) is 47.0 Å². The molecule has 23 heavy (non-hydrogen) atoms. The van der Waals surface area contributed by atoms with E-state index in [0.29, 0.717) is 6.79 Å². The van der Waals surface area contributed by atoms with Crippen LogP contribution in [0.5, 0.6) is 11.5 Å². The summed E-state index contributed by atoms with van der Waals surface area (Å²) in [5.74, 6) is 1.58. The van der Waals surface area contributed by atoms with Gasteiger partial charge in [0.25, 0.3) is 0 Å². The summed E-state index contributed by atoms with van der Waals surface area (Å²) in [6, 6.07) is 12.4. The lowest BCUT2D eigenvalue weighted by Crippen LogP contribution is -2.07. The second-order valence-corrected chi connectivity index (χ2v) is 6.61. The molecule has 116 valence electrons. The van der Waals surface area contributed by atoms with E-state index in [1.807, 2.05) is 32.3 Å². The van der Waals surface area contributed by atoms with Crippen molar-refractivity contribution in [2.45, 2.75) is 0 Å². The topological polar surface area (TPSA) is 34.6 Å². The second kappa shape index (κ2) is 5.59. The van der Waals surface area contributed by atoms with Crippen LogP contribution in [0.1, 0.15) is 10.6 Å². The molecular formula is C18H16N2O2S. The van der Waals surface area contributed by atoms with Crippen LogP contribution >= 0.6 is 11.3 Å². The molecule has 0 spiro atoms. The van der Waals surface area contributed by atoms with Gasteiger partial charge in [0.05, 0.1) is 10.2 Å². The lowest BCUT2D eigenvalue weighted by molar-refractivity contribution is 0.174. The zero-order valence-corrected chi connectivity index (χ0v) is 13.8. The number of benzene rings is 2. The molecule has 0 atom stereocenters. The Morgan fingerprint density at radius 2 is 1.78 bits per heavy atom. The van der Waals surface area contributed by atoms with Crippen LogP contribution in [-0.2, 0) is 0 Å². The van der Waals surface area contributed by atoms with E-state index in [9.17, 15) is 0 Å². The Morgan fingerprint density at radius 3 is 2.52 bits per heavy atom. The minimum Gasteiger partial charge on any atom is -0.454 e. The quantitative estimate of drug-likeness (QED) is 0.721. The molecule has 2 aromatic carbocycles. The monoisotopic (exact) mass is 324 g/mol. The molecule has 1 aliphatic heterocycles. The Balaban J connectivity index is 1.59. The molecule has 0 unspecified atom stereocenters. The Kier molecular flexibility index (Phi) is 3.42. The average Bonchev–Trinajstić information content (AvgIpc) is 3.16. The fraction of sp³-hybridized carbons (Fsp3) is 0.167. The van der Waals surface area contributed by atoms with Crippen LogP contribution in [0.4, 0.5) is 5.69 Å². The number of rotatable bonds is 3. The zero-order chi connectivity index (χ0) is 15.8. The molecule has 0 radical (unpaired) electrons. The Hall–Kier alpha value is -2.53. The van der Waals surface area contributed by atoms with Crippen molar-refractivity contribution < 1.29 is 9.47 Å². The van der Waals surface area contributed by atoms with Gasteiger partial charge < -0.3 is 14.4 Å². The van der Waals surface area contributed by atoms with Gasteiger partial charge in [0.2, 0.25) is 6.79 Å². The van der Waals surface area contributed by atoms with Gasteiger partial charge in [-0.1, -0.05) is 18.2 Å². The van der Waals surface area contributed by atoms with Crippen LogP contribution in [0.15, 0.2) is 36.4 Å². The van der Waals surface area contributed by atoms with Crippen LogP contribution < -0.4 is 14.4 Å². The summed E-state index contributed by atoms with van der Waals surface area (Å²) in [5.41, 5.74) is 3.29. The van der Waals surface area contributed by atoms with Crippen molar-refractivity contribution in [1.29, 1.82) is 0 Å². The first-order valence-corrected chi connectivity index (χ1v) is 8.16. The van der Waals surface area contributed by atoms with E-state index in [0.717, 1.165) is 32.3 Å². The molecule has 0 fully saturated rings. The van der Waals surface area contributed by atoms with Crippen molar-refractivity contribution in [3.63, 3.8) is 0 Å². The lowest BCUT2D eigenvalue weighted by atomic mass is 10.2. The van der Waals surface area contributed by atoms with Crippen molar-refractivity contribution in [3.8, 4) is 11.5 Å². The van der Waals surface area contributed by atoms with Crippen LogP contribution in [0.3, 0.4) is 0 Å². The van der Waals surface area contributed by atoms with Crippen molar-refractivity contribution in [1.82, 2.24) is 4.98 Å². The number of anilines is 1. The molecule has 0 saturated heterocycles. The number of hydrogen-bond donors (Lipinski definition) is 0. The van der Waals surface area contributed by atoms with E-state index in [1.165, 1.54) is 5.69 Å². The van der Waals surface area contributed by atoms with Crippen LogP contribution in [0, 0.1) is 0 Å². The number of ether oxygens (including phenoxy) is 2. The molecule has 4 nitrogen and oxygen atoms in total. The third-order valence-electron chi connectivity index (χ3n) is 3.73. The standard InChI is InChI=1S/C18H16N2O2S/c1-20(2)13-6-3-12(4-7-13)5-8-18-19-14-9-15-16(22-11-21-15)10-17(14)23-18/h3-10H,11H2,1-2H3. The Bertz CT molecular complexity index is 841. The first-order valence-electron chi connectivity index (χ1n) is 7.35. The lowest BCUT2D eigenvalue weighted by Gasteiger charge is -2.11. The van der Waals surface area contributed by atoms with Gasteiger partial charge in [0, 0.05) is 31.9 Å². The highest BCUT2D eigenvalue weighted by Gasteiger charge is 2.15. The number of thiazole rings is 1. The molecule has 0 aliphatic carbocycles. The SMILES string of the molecule is CN(C)c1ccc(C=Cc2nc3cc4c(cc3s2)OCO4)cc1. The van der Waals surface area contributed by atoms with Gasteiger partial charge in [-0.05, 0) is 23.8 Å². The molecular weight excluding hydrogens is 308 g/mol. The summed E-state index contributed by atoms with van der Waals surface area (Å²) in [6.45, 7) is 0.294. The minimum atomic E-state index is 0.294. The fourth-order valence-electron chi connectivity index (χ4n) is 2.46. The molecule has 0 bridgehead atoms. The van der Waals surface area contributed by atoms with Crippen molar-refractivity contribution in [2.24, 2.45) is 0 Å².